The summed E-state index contributed by atoms with van der Waals surface area (Å²) in [5, 5.41) is 0. The lowest BCUT2D eigenvalue weighted by Crippen LogP contribution is -2.48. The second kappa shape index (κ2) is 6.46. The summed E-state index contributed by atoms with van der Waals surface area (Å²) in [6.45, 7) is 8.13. The Morgan fingerprint density at radius 2 is 1.24 bits per heavy atom. The second-order valence-electron chi connectivity index (χ2n) is 6.05. The molecule has 0 aliphatic carbocycles. The zero-order valence-corrected chi connectivity index (χ0v) is 14.2. The molecule has 0 saturated heterocycles. The van der Waals surface area contributed by atoms with Crippen LogP contribution in [0.1, 0.15) is 27.7 Å². The van der Waals surface area contributed by atoms with Gasteiger partial charge in [-0.2, -0.15) is 0 Å². The van der Waals surface area contributed by atoms with Crippen LogP contribution in [0.2, 0.25) is 11.1 Å². The number of hydrogen-bond acceptors (Lipinski definition) is 2. The molecule has 0 fully saturated rings. The van der Waals surface area contributed by atoms with Crippen LogP contribution in [0.4, 0.5) is 0 Å². The predicted octanol–water partition coefficient (Wildman–Crippen LogP) is 4.99. The Balaban J connectivity index is 2.20. The van der Waals surface area contributed by atoms with Crippen molar-refractivity contribution in [2.24, 2.45) is 0 Å². The van der Waals surface area contributed by atoms with Gasteiger partial charge in [-0.15, -0.1) is 0 Å². The van der Waals surface area contributed by atoms with E-state index in [1.54, 1.807) is 0 Å². The minimum absolute atomic E-state index is 0.159. The van der Waals surface area contributed by atoms with Crippen molar-refractivity contribution in [3.8, 4) is 16.9 Å². The van der Waals surface area contributed by atoms with Gasteiger partial charge in [0.1, 0.15) is 5.75 Å². The standard InChI is InChI=1S/C18H24O2Si/c1-14(2)21(19,15(3)4)20-18-12-10-17(11-13-18)16-8-6-5-7-9-16/h5-15,19H,1-4H3. The molecule has 0 saturated carbocycles. The molecule has 0 amide bonds. The fourth-order valence-electron chi connectivity index (χ4n) is 2.44. The molecule has 0 unspecified atom stereocenters. The Labute approximate surface area is 128 Å². The normalized spacial score (nSPS) is 12.0. The third-order valence-corrected chi connectivity index (χ3v) is 7.77. The average molecular weight is 300 g/mol. The van der Waals surface area contributed by atoms with E-state index in [4.69, 9.17) is 4.43 Å². The lowest BCUT2D eigenvalue weighted by atomic mass is 10.1. The van der Waals surface area contributed by atoms with Crippen molar-refractivity contribution in [2.75, 3.05) is 0 Å². The van der Waals surface area contributed by atoms with Gasteiger partial charge < -0.3 is 9.22 Å². The molecule has 2 aromatic rings. The monoisotopic (exact) mass is 300 g/mol. The molecular weight excluding hydrogens is 276 g/mol. The summed E-state index contributed by atoms with van der Waals surface area (Å²) in [6.07, 6.45) is 0. The summed E-state index contributed by atoms with van der Waals surface area (Å²) in [4.78, 5) is 10.8. The van der Waals surface area contributed by atoms with Gasteiger partial charge in [-0.05, 0) is 23.3 Å². The number of rotatable bonds is 5. The highest BCUT2D eigenvalue weighted by molar-refractivity contribution is 6.69. The van der Waals surface area contributed by atoms with Crippen molar-refractivity contribution in [3.05, 3.63) is 54.6 Å². The number of benzene rings is 2. The molecule has 0 spiro atoms. The van der Waals surface area contributed by atoms with E-state index in [-0.39, 0.29) is 11.1 Å². The molecule has 0 atom stereocenters. The molecule has 3 heteroatoms. The maximum Gasteiger partial charge on any atom is 0.401 e. The van der Waals surface area contributed by atoms with Gasteiger partial charge in [0.15, 0.2) is 0 Å². The third kappa shape index (κ3) is 3.55. The lowest BCUT2D eigenvalue weighted by molar-refractivity contribution is 0.340. The third-order valence-electron chi connectivity index (χ3n) is 3.90. The highest BCUT2D eigenvalue weighted by atomic mass is 28.4. The van der Waals surface area contributed by atoms with Crippen molar-refractivity contribution in [1.82, 2.24) is 0 Å². The molecule has 1 N–H and O–H groups in total. The molecule has 2 nitrogen and oxygen atoms in total. The van der Waals surface area contributed by atoms with Crippen LogP contribution in [0, 0.1) is 0 Å². The molecule has 0 heterocycles. The predicted molar refractivity (Wildman–Crippen MR) is 90.7 cm³/mol. The first kappa shape index (κ1) is 15.8. The maximum atomic E-state index is 10.8. The Hall–Kier alpha value is -1.58. The van der Waals surface area contributed by atoms with Crippen LogP contribution in [0.3, 0.4) is 0 Å². The van der Waals surface area contributed by atoms with E-state index in [9.17, 15) is 4.80 Å². The van der Waals surface area contributed by atoms with Crippen LogP contribution < -0.4 is 4.43 Å². The first-order valence-electron chi connectivity index (χ1n) is 7.50. The summed E-state index contributed by atoms with van der Waals surface area (Å²) in [5.41, 5.74) is 2.66. The maximum absolute atomic E-state index is 10.8. The molecule has 21 heavy (non-hydrogen) atoms. The van der Waals surface area contributed by atoms with Gasteiger partial charge in [0.25, 0.3) is 0 Å². The van der Waals surface area contributed by atoms with E-state index < -0.39 is 8.56 Å². The molecular formula is C18H24O2Si. The van der Waals surface area contributed by atoms with Crippen LogP contribution in [-0.2, 0) is 0 Å². The zero-order valence-electron chi connectivity index (χ0n) is 13.2. The topological polar surface area (TPSA) is 29.5 Å². The molecule has 2 aromatic carbocycles. The van der Waals surface area contributed by atoms with Gasteiger partial charge in [-0.25, -0.2) is 0 Å². The summed E-state index contributed by atoms with van der Waals surface area (Å²) < 4.78 is 6.01. The summed E-state index contributed by atoms with van der Waals surface area (Å²) >= 11 is 0. The molecule has 2 rings (SSSR count). The van der Waals surface area contributed by atoms with E-state index in [1.807, 2.05) is 70.2 Å². The van der Waals surface area contributed by atoms with Crippen LogP contribution in [0.15, 0.2) is 54.6 Å². The minimum atomic E-state index is -2.74. The van der Waals surface area contributed by atoms with Gasteiger partial charge in [0.05, 0.1) is 0 Å². The van der Waals surface area contributed by atoms with Gasteiger partial charge in [0, 0.05) is 11.1 Å². The van der Waals surface area contributed by atoms with E-state index in [1.165, 1.54) is 5.56 Å². The lowest BCUT2D eigenvalue weighted by Gasteiger charge is -2.32. The van der Waals surface area contributed by atoms with Crippen molar-refractivity contribution >= 4 is 8.56 Å². The van der Waals surface area contributed by atoms with Crippen LogP contribution >= 0.6 is 0 Å². The molecule has 0 aliphatic rings. The van der Waals surface area contributed by atoms with Crippen molar-refractivity contribution in [1.29, 1.82) is 0 Å². The van der Waals surface area contributed by atoms with Gasteiger partial charge in [-0.3, -0.25) is 0 Å². The van der Waals surface area contributed by atoms with Crippen LogP contribution in [0.25, 0.3) is 11.1 Å². The summed E-state index contributed by atoms with van der Waals surface area (Å²) in [7, 11) is -2.74. The van der Waals surface area contributed by atoms with Crippen LogP contribution in [0.5, 0.6) is 5.75 Å². The van der Waals surface area contributed by atoms with E-state index >= 15 is 0 Å². The Kier molecular flexibility index (Phi) is 4.86. The van der Waals surface area contributed by atoms with Gasteiger partial charge >= 0.3 is 8.56 Å². The van der Waals surface area contributed by atoms with Crippen molar-refractivity contribution < 1.29 is 9.22 Å². The van der Waals surface area contributed by atoms with Crippen molar-refractivity contribution in [2.45, 2.75) is 38.8 Å². The molecule has 0 radical (unpaired) electrons. The quantitative estimate of drug-likeness (QED) is 0.788. The second-order valence-corrected chi connectivity index (χ2v) is 10.1. The Morgan fingerprint density at radius 1 is 0.762 bits per heavy atom. The molecule has 0 bridgehead atoms. The zero-order chi connectivity index (χ0) is 15.5. The largest absolute Gasteiger partial charge is 0.520 e. The van der Waals surface area contributed by atoms with Crippen LogP contribution in [-0.4, -0.2) is 13.4 Å². The summed E-state index contributed by atoms with van der Waals surface area (Å²) in [6, 6.07) is 18.2. The highest BCUT2D eigenvalue weighted by Gasteiger charge is 2.43. The van der Waals surface area contributed by atoms with E-state index in [0.717, 1.165) is 11.3 Å². The minimum Gasteiger partial charge on any atom is -0.520 e. The smallest absolute Gasteiger partial charge is 0.401 e. The molecule has 112 valence electrons. The first-order valence-corrected chi connectivity index (χ1v) is 9.51. The first-order chi connectivity index (χ1) is 9.93. The average Bonchev–Trinajstić information content (AvgIpc) is 2.48. The van der Waals surface area contributed by atoms with Gasteiger partial charge in [0.2, 0.25) is 0 Å². The number of hydrogen-bond donors (Lipinski definition) is 1. The molecule has 0 aromatic heterocycles. The van der Waals surface area contributed by atoms with E-state index in [2.05, 4.69) is 12.1 Å². The molecule has 0 aliphatic heterocycles. The van der Waals surface area contributed by atoms with Crippen molar-refractivity contribution in [3.63, 3.8) is 0 Å². The SMILES string of the molecule is CC(C)[Si](O)(Oc1ccc(-c2ccccc2)cc1)C(C)C. The highest BCUT2D eigenvalue weighted by Crippen LogP contribution is 2.33. The van der Waals surface area contributed by atoms with E-state index in [0.29, 0.717) is 0 Å². The summed E-state index contributed by atoms with van der Waals surface area (Å²) in [5.74, 6) is 0.756. The fraction of sp³-hybridized carbons (Fsp3) is 0.333. The van der Waals surface area contributed by atoms with Gasteiger partial charge in [-0.1, -0.05) is 70.2 Å². The Bertz CT molecular complexity index is 554. The Morgan fingerprint density at radius 3 is 1.71 bits per heavy atom. The fourth-order valence-corrected chi connectivity index (χ4v) is 4.76.